The number of hydrogen-bond acceptors (Lipinski definition) is 4. The second kappa shape index (κ2) is 6.16. The first-order chi connectivity index (χ1) is 9.61. The van der Waals surface area contributed by atoms with Gasteiger partial charge >= 0.3 is 6.09 Å². The molecular formula is C16H23NO4. The molecule has 1 aromatic rings. The summed E-state index contributed by atoms with van der Waals surface area (Å²) in [6.07, 6.45) is 0.0396. The van der Waals surface area contributed by atoms with Crippen LogP contribution in [0.3, 0.4) is 0 Å². The van der Waals surface area contributed by atoms with E-state index in [0.29, 0.717) is 17.6 Å². The maximum Gasteiger partial charge on any atom is 0.408 e. The highest BCUT2D eigenvalue weighted by Crippen LogP contribution is 2.26. The van der Waals surface area contributed by atoms with Gasteiger partial charge in [0.1, 0.15) is 23.2 Å². The summed E-state index contributed by atoms with van der Waals surface area (Å²) >= 11 is 0. The summed E-state index contributed by atoms with van der Waals surface area (Å²) in [7, 11) is 1.56. The highest BCUT2D eigenvalue weighted by Gasteiger charge is 2.31. The van der Waals surface area contributed by atoms with Gasteiger partial charge in [0.2, 0.25) is 0 Å². The molecule has 0 aliphatic heterocycles. The van der Waals surface area contributed by atoms with E-state index in [1.165, 1.54) is 0 Å². The second-order valence-corrected chi connectivity index (χ2v) is 6.13. The van der Waals surface area contributed by atoms with E-state index in [4.69, 9.17) is 9.47 Å². The van der Waals surface area contributed by atoms with E-state index in [2.05, 4.69) is 5.32 Å². The third-order valence-electron chi connectivity index (χ3n) is 3.00. The molecule has 0 fully saturated rings. The molecule has 0 saturated carbocycles. The van der Waals surface area contributed by atoms with Crippen molar-refractivity contribution in [1.29, 1.82) is 0 Å². The quantitative estimate of drug-likeness (QED) is 0.867. The number of nitrogens with one attached hydrogen (secondary N) is 1. The molecule has 5 heteroatoms. The van der Waals surface area contributed by atoms with Gasteiger partial charge in [0, 0.05) is 0 Å². The molecule has 0 heterocycles. The van der Waals surface area contributed by atoms with Crippen molar-refractivity contribution in [2.75, 3.05) is 7.11 Å². The lowest BCUT2D eigenvalue weighted by Gasteiger charge is -2.28. The molecule has 0 bridgehead atoms. The zero-order valence-corrected chi connectivity index (χ0v) is 13.4. The normalized spacial score (nSPS) is 14.0. The van der Waals surface area contributed by atoms with E-state index >= 15 is 0 Å². The Labute approximate surface area is 125 Å². The molecule has 1 atom stereocenters. The van der Waals surface area contributed by atoms with Crippen molar-refractivity contribution in [2.24, 2.45) is 0 Å². The molecule has 0 aliphatic carbocycles. The Morgan fingerprint density at radius 1 is 1.24 bits per heavy atom. The highest BCUT2D eigenvalue weighted by molar-refractivity contribution is 5.78. The predicted molar refractivity (Wildman–Crippen MR) is 80.5 cm³/mol. The highest BCUT2D eigenvalue weighted by atomic mass is 16.6. The lowest BCUT2D eigenvalue weighted by atomic mass is 9.92. The Morgan fingerprint density at radius 3 is 2.33 bits per heavy atom. The van der Waals surface area contributed by atoms with Gasteiger partial charge in [-0.15, -0.1) is 0 Å². The van der Waals surface area contributed by atoms with Crippen LogP contribution in [0.15, 0.2) is 18.2 Å². The number of carbonyl (C=O) groups is 2. The predicted octanol–water partition coefficient (Wildman–Crippen LogP) is 2.94. The molecule has 1 unspecified atom stereocenters. The number of methoxy groups -OCH3 is 1. The van der Waals surface area contributed by atoms with Crippen molar-refractivity contribution in [3.63, 3.8) is 0 Å². The summed E-state index contributed by atoms with van der Waals surface area (Å²) < 4.78 is 10.4. The van der Waals surface area contributed by atoms with Gasteiger partial charge in [-0.05, 0) is 51.8 Å². The SMILES string of the molecule is COc1cc(C(C)(C=O)NC(=O)OC(C)(C)C)ccc1C. The Bertz CT molecular complexity index is 534. The van der Waals surface area contributed by atoms with Gasteiger partial charge < -0.3 is 19.6 Å². The summed E-state index contributed by atoms with van der Waals surface area (Å²) in [5.74, 6) is 0.659. The first kappa shape index (κ1) is 17.0. The molecule has 0 spiro atoms. The molecule has 21 heavy (non-hydrogen) atoms. The summed E-state index contributed by atoms with van der Waals surface area (Å²) in [4.78, 5) is 23.4. The number of hydrogen-bond donors (Lipinski definition) is 1. The number of carbonyl (C=O) groups excluding carboxylic acids is 2. The Morgan fingerprint density at radius 2 is 1.86 bits per heavy atom. The van der Waals surface area contributed by atoms with Crippen molar-refractivity contribution in [3.8, 4) is 5.75 Å². The molecule has 0 aromatic heterocycles. The van der Waals surface area contributed by atoms with Gasteiger partial charge in [0.15, 0.2) is 0 Å². The lowest BCUT2D eigenvalue weighted by molar-refractivity contribution is -0.113. The van der Waals surface area contributed by atoms with Gasteiger partial charge in [0.05, 0.1) is 7.11 Å². The number of amides is 1. The van der Waals surface area contributed by atoms with Crippen LogP contribution in [0, 0.1) is 6.92 Å². The third-order valence-corrected chi connectivity index (χ3v) is 3.00. The fraction of sp³-hybridized carbons (Fsp3) is 0.500. The summed E-state index contributed by atoms with van der Waals surface area (Å²) in [5, 5.41) is 2.60. The van der Waals surface area contributed by atoms with Crippen LogP contribution in [0.5, 0.6) is 5.75 Å². The number of ether oxygens (including phenoxy) is 2. The van der Waals surface area contributed by atoms with Crippen LogP contribution in [0.4, 0.5) is 4.79 Å². The largest absolute Gasteiger partial charge is 0.496 e. The number of rotatable bonds is 4. The second-order valence-electron chi connectivity index (χ2n) is 6.13. The fourth-order valence-corrected chi connectivity index (χ4v) is 1.83. The first-order valence-electron chi connectivity index (χ1n) is 6.74. The monoisotopic (exact) mass is 293 g/mol. The maximum absolute atomic E-state index is 11.9. The Kier molecular flexibility index (Phi) is 4.99. The average molecular weight is 293 g/mol. The number of benzene rings is 1. The van der Waals surface area contributed by atoms with Crippen molar-refractivity contribution in [2.45, 2.75) is 45.8 Å². The molecule has 1 N–H and O–H groups in total. The van der Waals surface area contributed by atoms with Crippen LogP contribution in [0.25, 0.3) is 0 Å². The molecular weight excluding hydrogens is 270 g/mol. The van der Waals surface area contributed by atoms with Gasteiger partial charge in [-0.3, -0.25) is 0 Å². The smallest absolute Gasteiger partial charge is 0.408 e. The number of aldehydes is 1. The van der Waals surface area contributed by atoms with Crippen LogP contribution in [-0.4, -0.2) is 25.1 Å². The van der Waals surface area contributed by atoms with E-state index in [1.54, 1.807) is 46.9 Å². The van der Waals surface area contributed by atoms with Crippen LogP contribution in [0.1, 0.15) is 38.8 Å². The molecule has 1 amide bonds. The minimum absolute atomic E-state index is 0.626. The van der Waals surface area contributed by atoms with Crippen molar-refractivity contribution in [1.82, 2.24) is 5.32 Å². The number of alkyl carbamates (subject to hydrolysis) is 1. The minimum Gasteiger partial charge on any atom is -0.496 e. The zero-order valence-electron chi connectivity index (χ0n) is 13.4. The molecule has 0 aliphatic rings. The van der Waals surface area contributed by atoms with Gasteiger partial charge in [-0.25, -0.2) is 4.79 Å². The van der Waals surface area contributed by atoms with Gasteiger partial charge in [0.25, 0.3) is 0 Å². The fourth-order valence-electron chi connectivity index (χ4n) is 1.83. The average Bonchev–Trinajstić information content (AvgIpc) is 2.36. The number of aryl methyl sites for hydroxylation is 1. The van der Waals surface area contributed by atoms with Gasteiger partial charge in [-0.2, -0.15) is 0 Å². The van der Waals surface area contributed by atoms with E-state index in [-0.39, 0.29) is 0 Å². The first-order valence-corrected chi connectivity index (χ1v) is 6.74. The van der Waals surface area contributed by atoms with E-state index in [9.17, 15) is 9.59 Å². The van der Waals surface area contributed by atoms with E-state index in [0.717, 1.165) is 5.56 Å². The van der Waals surface area contributed by atoms with Crippen LogP contribution < -0.4 is 10.1 Å². The van der Waals surface area contributed by atoms with Crippen LogP contribution >= 0.6 is 0 Å². The molecule has 5 nitrogen and oxygen atoms in total. The zero-order chi connectivity index (χ0) is 16.3. The summed E-state index contributed by atoms with van der Waals surface area (Å²) in [6, 6.07) is 5.36. The van der Waals surface area contributed by atoms with Gasteiger partial charge in [-0.1, -0.05) is 12.1 Å². The Hall–Kier alpha value is -2.04. The third kappa shape index (κ3) is 4.48. The molecule has 1 aromatic carbocycles. The maximum atomic E-state index is 11.9. The summed E-state index contributed by atoms with van der Waals surface area (Å²) in [6.45, 7) is 8.81. The van der Waals surface area contributed by atoms with Crippen molar-refractivity contribution >= 4 is 12.4 Å². The standard InChI is InChI=1S/C16H23NO4/c1-11-7-8-12(9-13(11)20-6)16(5,10-18)17-14(19)21-15(2,3)4/h7-10H,1-6H3,(H,17,19). The molecule has 0 saturated heterocycles. The van der Waals surface area contributed by atoms with Crippen LogP contribution in [0.2, 0.25) is 0 Å². The molecule has 1 rings (SSSR count). The van der Waals surface area contributed by atoms with Crippen LogP contribution in [-0.2, 0) is 15.1 Å². The van der Waals surface area contributed by atoms with Crippen molar-refractivity contribution < 1.29 is 19.1 Å². The Balaban J connectivity index is 3.04. The topological polar surface area (TPSA) is 64.6 Å². The van der Waals surface area contributed by atoms with E-state index in [1.807, 2.05) is 13.0 Å². The van der Waals surface area contributed by atoms with E-state index < -0.39 is 17.2 Å². The molecule has 0 radical (unpaired) electrons. The van der Waals surface area contributed by atoms with Crippen molar-refractivity contribution in [3.05, 3.63) is 29.3 Å². The summed E-state index contributed by atoms with van der Waals surface area (Å²) in [5.41, 5.74) is -0.222. The molecule has 116 valence electrons. The minimum atomic E-state index is -1.18. The lowest BCUT2D eigenvalue weighted by Crippen LogP contribution is -2.46.